The SMILES string of the molecule is O=C(O)C=Cc1c(Br)[nH]c2ccccc12. The van der Waals surface area contributed by atoms with Gasteiger partial charge in [-0.1, -0.05) is 18.2 Å². The van der Waals surface area contributed by atoms with Crippen LogP contribution in [-0.2, 0) is 4.79 Å². The Balaban J connectivity index is 2.59. The molecule has 1 aromatic heterocycles. The quantitative estimate of drug-likeness (QED) is 0.821. The second-order valence-corrected chi connectivity index (χ2v) is 3.86. The van der Waals surface area contributed by atoms with Gasteiger partial charge in [0, 0.05) is 22.5 Å². The number of carbonyl (C=O) groups is 1. The van der Waals surface area contributed by atoms with Crippen molar-refractivity contribution in [2.45, 2.75) is 0 Å². The summed E-state index contributed by atoms with van der Waals surface area (Å²) in [5.41, 5.74) is 1.84. The molecule has 0 spiro atoms. The smallest absolute Gasteiger partial charge is 0.328 e. The Labute approximate surface area is 94.6 Å². The molecule has 1 aromatic carbocycles. The Morgan fingerprint density at radius 2 is 2.13 bits per heavy atom. The molecule has 2 aromatic rings. The van der Waals surface area contributed by atoms with E-state index in [4.69, 9.17) is 5.11 Å². The molecule has 3 nitrogen and oxygen atoms in total. The number of hydrogen-bond donors (Lipinski definition) is 2. The van der Waals surface area contributed by atoms with Gasteiger partial charge < -0.3 is 10.1 Å². The molecule has 2 N–H and O–H groups in total. The minimum absolute atomic E-state index is 0.793. The van der Waals surface area contributed by atoms with Crippen LogP contribution < -0.4 is 0 Å². The van der Waals surface area contributed by atoms with Crippen molar-refractivity contribution in [2.75, 3.05) is 0 Å². The van der Waals surface area contributed by atoms with Crippen LogP contribution >= 0.6 is 15.9 Å². The number of halogens is 1. The fraction of sp³-hybridized carbons (Fsp3) is 0. The Morgan fingerprint density at radius 3 is 2.87 bits per heavy atom. The van der Waals surface area contributed by atoms with E-state index in [0.717, 1.165) is 27.1 Å². The van der Waals surface area contributed by atoms with E-state index in [9.17, 15) is 4.79 Å². The first-order valence-corrected chi connectivity index (χ1v) is 5.15. The van der Waals surface area contributed by atoms with Crippen molar-refractivity contribution in [3.8, 4) is 0 Å². The highest BCUT2D eigenvalue weighted by Gasteiger charge is 2.05. The number of fused-ring (bicyclic) bond motifs is 1. The molecule has 0 radical (unpaired) electrons. The first-order valence-electron chi connectivity index (χ1n) is 4.35. The van der Waals surface area contributed by atoms with Crippen LogP contribution in [0.25, 0.3) is 17.0 Å². The van der Waals surface area contributed by atoms with Gasteiger partial charge in [0.05, 0.1) is 4.60 Å². The average molecular weight is 266 g/mol. The topological polar surface area (TPSA) is 53.1 Å². The highest BCUT2D eigenvalue weighted by atomic mass is 79.9. The van der Waals surface area contributed by atoms with Crippen molar-refractivity contribution in [1.29, 1.82) is 0 Å². The monoisotopic (exact) mass is 265 g/mol. The molecule has 0 bridgehead atoms. The molecule has 0 aliphatic carbocycles. The Bertz CT molecular complexity index is 543. The highest BCUT2D eigenvalue weighted by Crippen LogP contribution is 2.27. The maximum absolute atomic E-state index is 10.4. The van der Waals surface area contributed by atoms with Crippen LogP contribution in [0.3, 0.4) is 0 Å². The number of aliphatic carboxylic acids is 1. The van der Waals surface area contributed by atoms with Crippen LogP contribution in [0.5, 0.6) is 0 Å². The van der Waals surface area contributed by atoms with Crippen molar-refractivity contribution in [3.05, 3.63) is 40.5 Å². The second-order valence-electron chi connectivity index (χ2n) is 3.07. The minimum atomic E-state index is -0.952. The summed E-state index contributed by atoms with van der Waals surface area (Å²) in [5, 5.41) is 9.56. The van der Waals surface area contributed by atoms with Crippen molar-refractivity contribution < 1.29 is 9.90 Å². The largest absolute Gasteiger partial charge is 0.478 e. The minimum Gasteiger partial charge on any atom is -0.478 e. The van der Waals surface area contributed by atoms with Crippen molar-refractivity contribution in [1.82, 2.24) is 4.98 Å². The van der Waals surface area contributed by atoms with E-state index in [1.54, 1.807) is 6.08 Å². The van der Waals surface area contributed by atoms with Crippen LogP contribution in [0, 0.1) is 0 Å². The summed E-state index contributed by atoms with van der Waals surface area (Å²) < 4.78 is 0.793. The lowest BCUT2D eigenvalue weighted by Crippen LogP contribution is -1.85. The van der Waals surface area contributed by atoms with E-state index >= 15 is 0 Å². The molecule has 0 unspecified atom stereocenters. The molecule has 0 saturated carbocycles. The number of aromatic nitrogens is 1. The van der Waals surface area contributed by atoms with E-state index in [2.05, 4.69) is 20.9 Å². The van der Waals surface area contributed by atoms with Gasteiger partial charge in [0.1, 0.15) is 0 Å². The Kier molecular flexibility index (Phi) is 2.60. The van der Waals surface area contributed by atoms with Gasteiger partial charge in [-0.3, -0.25) is 0 Å². The van der Waals surface area contributed by atoms with Crippen LogP contribution in [0.2, 0.25) is 0 Å². The molecule has 0 aliphatic rings. The summed E-state index contributed by atoms with van der Waals surface area (Å²) in [7, 11) is 0. The van der Waals surface area contributed by atoms with E-state index in [-0.39, 0.29) is 0 Å². The fourth-order valence-corrected chi connectivity index (χ4v) is 2.01. The molecule has 0 atom stereocenters. The first-order chi connectivity index (χ1) is 7.18. The van der Waals surface area contributed by atoms with Crippen molar-refractivity contribution in [2.24, 2.45) is 0 Å². The number of nitrogens with one attached hydrogen (secondary N) is 1. The zero-order chi connectivity index (χ0) is 10.8. The van der Waals surface area contributed by atoms with Crippen LogP contribution in [-0.4, -0.2) is 16.1 Å². The van der Waals surface area contributed by atoms with Gasteiger partial charge in [-0.05, 0) is 28.1 Å². The van der Waals surface area contributed by atoms with E-state index in [1.807, 2.05) is 24.3 Å². The predicted molar refractivity (Wildman–Crippen MR) is 62.7 cm³/mol. The molecule has 0 saturated heterocycles. The molecule has 0 aliphatic heterocycles. The van der Waals surface area contributed by atoms with E-state index in [0.29, 0.717) is 0 Å². The lowest BCUT2D eigenvalue weighted by Gasteiger charge is -1.90. The maximum atomic E-state index is 10.4. The summed E-state index contributed by atoms with van der Waals surface area (Å²) >= 11 is 3.36. The zero-order valence-electron chi connectivity index (χ0n) is 7.70. The molecule has 4 heteroatoms. The lowest BCUT2D eigenvalue weighted by atomic mass is 10.1. The number of carboxylic acid groups (broad SMARTS) is 1. The third kappa shape index (κ3) is 1.94. The number of hydrogen-bond acceptors (Lipinski definition) is 1. The molecular formula is C11H8BrNO2. The van der Waals surface area contributed by atoms with Gasteiger partial charge in [0.25, 0.3) is 0 Å². The van der Waals surface area contributed by atoms with Crippen molar-refractivity contribution >= 4 is 38.9 Å². The van der Waals surface area contributed by atoms with E-state index in [1.165, 1.54) is 0 Å². The zero-order valence-corrected chi connectivity index (χ0v) is 9.28. The molecular weight excluding hydrogens is 258 g/mol. The van der Waals surface area contributed by atoms with Crippen LogP contribution in [0.4, 0.5) is 0 Å². The molecule has 0 amide bonds. The number of aromatic amines is 1. The van der Waals surface area contributed by atoms with Gasteiger partial charge in [-0.25, -0.2) is 4.79 Å². The number of benzene rings is 1. The predicted octanol–water partition coefficient (Wildman–Crippen LogP) is 3.03. The Morgan fingerprint density at radius 1 is 1.40 bits per heavy atom. The molecule has 76 valence electrons. The molecule has 2 rings (SSSR count). The lowest BCUT2D eigenvalue weighted by molar-refractivity contribution is -0.131. The summed E-state index contributed by atoms with van der Waals surface area (Å²) in [6.07, 6.45) is 2.70. The van der Waals surface area contributed by atoms with Gasteiger partial charge in [0.2, 0.25) is 0 Å². The first kappa shape index (κ1) is 9.98. The van der Waals surface area contributed by atoms with Crippen LogP contribution in [0.1, 0.15) is 5.56 Å². The van der Waals surface area contributed by atoms with Gasteiger partial charge >= 0.3 is 5.97 Å². The van der Waals surface area contributed by atoms with Crippen molar-refractivity contribution in [3.63, 3.8) is 0 Å². The standard InChI is InChI=1S/C11H8BrNO2/c12-11-8(5-6-10(14)15)7-3-1-2-4-9(7)13-11/h1-6,13H,(H,14,15). The highest BCUT2D eigenvalue weighted by molar-refractivity contribution is 9.10. The summed E-state index contributed by atoms with van der Waals surface area (Å²) in [6, 6.07) is 7.73. The van der Waals surface area contributed by atoms with E-state index < -0.39 is 5.97 Å². The number of carboxylic acids is 1. The third-order valence-corrected chi connectivity index (χ3v) is 2.72. The normalized spacial score (nSPS) is 11.3. The summed E-state index contributed by atoms with van der Waals surface area (Å²) in [6.45, 7) is 0. The number of H-pyrrole nitrogens is 1. The van der Waals surface area contributed by atoms with Gasteiger partial charge in [-0.15, -0.1) is 0 Å². The number of para-hydroxylation sites is 1. The van der Waals surface area contributed by atoms with Crippen LogP contribution in [0.15, 0.2) is 34.9 Å². The van der Waals surface area contributed by atoms with Gasteiger partial charge in [0.15, 0.2) is 0 Å². The molecule has 0 fully saturated rings. The fourth-order valence-electron chi connectivity index (χ4n) is 1.45. The second kappa shape index (κ2) is 3.90. The summed E-state index contributed by atoms with van der Waals surface area (Å²) in [4.78, 5) is 13.6. The Hall–Kier alpha value is -1.55. The summed E-state index contributed by atoms with van der Waals surface area (Å²) in [5.74, 6) is -0.952. The van der Waals surface area contributed by atoms with Gasteiger partial charge in [-0.2, -0.15) is 0 Å². The molecule has 1 heterocycles. The third-order valence-electron chi connectivity index (χ3n) is 2.09. The number of rotatable bonds is 2. The molecule has 15 heavy (non-hydrogen) atoms. The maximum Gasteiger partial charge on any atom is 0.328 e. The average Bonchev–Trinajstić information content (AvgIpc) is 2.50.